The van der Waals surface area contributed by atoms with Gasteiger partial charge in [0.2, 0.25) is 0 Å². The van der Waals surface area contributed by atoms with E-state index in [9.17, 15) is 8.78 Å². The molecule has 0 spiro atoms. The van der Waals surface area contributed by atoms with Crippen LogP contribution in [-0.2, 0) is 0 Å². The van der Waals surface area contributed by atoms with Gasteiger partial charge in [-0.05, 0) is 42.0 Å². The monoisotopic (exact) mass is 287 g/mol. The predicted octanol–water partition coefficient (Wildman–Crippen LogP) is 3.69. The summed E-state index contributed by atoms with van der Waals surface area (Å²) in [6.45, 7) is 3.38. The van der Waals surface area contributed by atoms with E-state index in [0.29, 0.717) is 22.7 Å². The van der Waals surface area contributed by atoms with Gasteiger partial charge < -0.3 is 9.64 Å². The van der Waals surface area contributed by atoms with E-state index in [1.807, 2.05) is 12.1 Å². The molecule has 4 heteroatoms. The zero-order valence-electron chi connectivity index (χ0n) is 11.6. The third kappa shape index (κ3) is 3.14. The van der Waals surface area contributed by atoms with Crippen LogP contribution in [0.2, 0.25) is 0 Å². The van der Waals surface area contributed by atoms with Gasteiger partial charge in [-0.2, -0.15) is 0 Å². The Balaban J connectivity index is 2.41. The van der Waals surface area contributed by atoms with Crippen LogP contribution in [0.4, 0.5) is 8.78 Å². The van der Waals surface area contributed by atoms with Crippen molar-refractivity contribution < 1.29 is 13.5 Å². The van der Waals surface area contributed by atoms with Crippen molar-refractivity contribution in [2.24, 2.45) is 0 Å². The summed E-state index contributed by atoms with van der Waals surface area (Å²) in [5, 5.41) is 0. The number of allylic oxidation sites excluding steroid dienone is 3. The average molecular weight is 287 g/mol. The van der Waals surface area contributed by atoms with Gasteiger partial charge in [0, 0.05) is 17.0 Å². The van der Waals surface area contributed by atoms with Crippen LogP contribution in [0.5, 0.6) is 5.75 Å². The molecule has 0 saturated heterocycles. The maximum atomic E-state index is 12.8. The van der Waals surface area contributed by atoms with Crippen molar-refractivity contribution in [1.82, 2.24) is 4.90 Å². The standard InChI is InChI=1S/C17H15F2NO/c1-4-13-7-10-16(20(12(13)2)11-17(18)19)14-5-8-15(21-3)9-6-14/h1,5-10,17H,2,11H2,3H3. The largest absolute Gasteiger partial charge is 0.497 e. The van der Waals surface area contributed by atoms with E-state index in [1.54, 1.807) is 31.4 Å². The zero-order valence-corrected chi connectivity index (χ0v) is 11.6. The number of halogens is 2. The van der Waals surface area contributed by atoms with Crippen molar-refractivity contribution in [1.29, 1.82) is 0 Å². The number of benzene rings is 1. The first kappa shape index (κ1) is 14.9. The highest BCUT2D eigenvalue weighted by Crippen LogP contribution is 2.31. The maximum Gasteiger partial charge on any atom is 0.256 e. The Morgan fingerprint density at radius 2 is 1.95 bits per heavy atom. The second-order valence-electron chi connectivity index (χ2n) is 4.45. The van der Waals surface area contributed by atoms with Crippen molar-refractivity contribution >= 4 is 5.70 Å². The molecule has 1 aliphatic heterocycles. The molecule has 0 radical (unpaired) electrons. The maximum absolute atomic E-state index is 12.8. The molecule has 0 fully saturated rings. The lowest BCUT2D eigenvalue weighted by Crippen LogP contribution is -2.29. The Labute approximate surface area is 123 Å². The number of alkyl halides is 2. The van der Waals surface area contributed by atoms with Crippen molar-refractivity contribution in [3.8, 4) is 18.1 Å². The van der Waals surface area contributed by atoms with Crippen molar-refractivity contribution in [2.45, 2.75) is 6.43 Å². The second kappa shape index (κ2) is 6.27. The molecule has 1 heterocycles. The van der Waals surface area contributed by atoms with Crippen molar-refractivity contribution in [3.63, 3.8) is 0 Å². The minimum Gasteiger partial charge on any atom is -0.497 e. The fraction of sp³-hybridized carbons (Fsp3) is 0.176. The lowest BCUT2D eigenvalue weighted by molar-refractivity contribution is 0.123. The van der Waals surface area contributed by atoms with E-state index in [0.717, 1.165) is 5.56 Å². The Morgan fingerprint density at radius 3 is 2.48 bits per heavy atom. The van der Waals surface area contributed by atoms with Gasteiger partial charge >= 0.3 is 0 Å². The van der Waals surface area contributed by atoms with E-state index in [1.165, 1.54) is 4.90 Å². The predicted molar refractivity (Wildman–Crippen MR) is 79.7 cm³/mol. The van der Waals surface area contributed by atoms with Gasteiger partial charge in [0.1, 0.15) is 5.75 Å². The third-order valence-corrected chi connectivity index (χ3v) is 3.20. The number of ether oxygens (including phenoxy) is 1. The second-order valence-corrected chi connectivity index (χ2v) is 4.45. The molecule has 108 valence electrons. The summed E-state index contributed by atoms with van der Waals surface area (Å²) in [5.74, 6) is 3.16. The lowest BCUT2D eigenvalue weighted by Gasteiger charge is -2.31. The van der Waals surface area contributed by atoms with Crippen LogP contribution in [0.3, 0.4) is 0 Å². The lowest BCUT2D eigenvalue weighted by atomic mass is 10.0. The topological polar surface area (TPSA) is 12.5 Å². The smallest absolute Gasteiger partial charge is 0.256 e. The van der Waals surface area contributed by atoms with Gasteiger partial charge in [-0.15, -0.1) is 6.42 Å². The average Bonchev–Trinajstić information content (AvgIpc) is 2.49. The summed E-state index contributed by atoms with van der Waals surface area (Å²) in [7, 11) is 1.57. The zero-order chi connectivity index (χ0) is 15.4. The van der Waals surface area contributed by atoms with Crippen LogP contribution in [0, 0.1) is 12.3 Å². The van der Waals surface area contributed by atoms with Crippen LogP contribution in [0.1, 0.15) is 5.56 Å². The molecule has 1 aromatic rings. The number of rotatable bonds is 4. The van der Waals surface area contributed by atoms with E-state index in [4.69, 9.17) is 11.2 Å². The number of hydrogen-bond donors (Lipinski definition) is 0. The molecule has 1 aliphatic rings. The first-order valence-corrected chi connectivity index (χ1v) is 6.34. The first-order chi connectivity index (χ1) is 10.1. The number of nitrogens with zero attached hydrogens (tertiary/aromatic N) is 1. The molecule has 0 bridgehead atoms. The Kier molecular flexibility index (Phi) is 4.44. The van der Waals surface area contributed by atoms with Crippen LogP contribution < -0.4 is 4.74 Å². The molecular formula is C17H15F2NO. The van der Waals surface area contributed by atoms with Crippen LogP contribution in [0.25, 0.3) is 5.70 Å². The van der Waals surface area contributed by atoms with Crippen LogP contribution in [-0.4, -0.2) is 25.0 Å². The molecule has 0 aromatic heterocycles. The molecule has 1 aromatic carbocycles. The van der Waals surface area contributed by atoms with Gasteiger partial charge in [-0.3, -0.25) is 0 Å². The van der Waals surface area contributed by atoms with Crippen LogP contribution in [0.15, 0.2) is 54.3 Å². The number of methoxy groups -OCH3 is 1. The van der Waals surface area contributed by atoms with E-state index >= 15 is 0 Å². The Bertz CT molecular complexity index is 636. The minimum atomic E-state index is -2.49. The molecular weight excluding hydrogens is 272 g/mol. The molecule has 21 heavy (non-hydrogen) atoms. The van der Waals surface area contributed by atoms with Crippen molar-refractivity contribution in [3.05, 3.63) is 59.8 Å². The molecule has 0 N–H and O–H groups in total. The molecule has 0 atom stereocenters. The third-order valence-electron chi connectivity index (χ3n) is 3.20. The summed E-state index contributed by atoms with van der Waals surface area (Å²) < 4.78 is 30.8. The van der Waals surface area contributed by atoms with Gasteiger partial charge in [-0.25, -0.2) is 8.78 Å². The van der Waals surface area contributed by atoms with Crippen LogP contribution >= 0.6 is 0 Å². The quantitative estimate of drug-likeness (QED) is 0.783. The fourth-order valence-corrected chi connectivity index (χ4v) is 2.13. The highest BCUT2D eigenvalue weighted by molar-refractivity contribution is 5.72. The molecule has 0 saturated carbocycles. The van der Waals surface area contributed by atoms with E-state index in [-0.39, 0.29) is 0 Å². The SMILES string of the molecule is C#CC1=CC=C(c2ccc(OC)cc2)N(CC(F)F)C1=C. The summed E-state index contributed by atoms with van der Waals surface area (Å²) in [4.78, 5) is 1.45. The van der Waals surface area contributed by atoms with Gasteiger partial charge in [-0.1, -0.05) is 12.5 Å². The summed E-state index contributed by atoms with van der Waals surface area (Å²) >= 11 is 0. The van der Waals surface area contributed by atoms with Gasteiger partial charge in [0.05, 0.1) is 13.7 Å². The summed E-state index contributed by atoms with van der Waals surface area (Å²) in [6, 6.07) is 7.18. The first-order valence-electron chi connectivity index (χ1n) is 6.34. The minimum absolute atomic E-state index is 0.408. The molecule has 0 amide bonds. The molecule has 0 unspecified atom stereocenters. The highest BCUT2D eigenvalue weighted by Gasteiger charge is 2.23. The normalized spacial score (nSPS) is 14.6. The number of terminal acetylenes is 1. The van der Waals surface area contributed by atoms with E-state index in [2.05, 4.69) is 12.5 Å². The fourth-order valence-electron chi connectivity index (χ4n) is 2.13. The molecule has 2 nitrogen and oxygen atoms in total. The summed E-state index contributed by atoms with van der Waals surface area (Å²) in [6.07, 6.45) is 6.33. The molecule has 2 rings (SSSR count). The molecule has 0 aliphatic carbocycles. The van der Waals surface area contributed by atoms with Crippen molar-refractivity contribution in [2.75, 3.05) is 13.7 Å². The Morgan fingerprint density at radius 1 is 1.29 bits per heavy atom. The Hall–Kier alpha value is -2.54. The van der Waals surface area contributed by atoms with Gasteiger partial charge in [0.25, 0.3) is 6.43 Å². The van der Waals surface area contributed by atoms with Gasteiger partial charge in [0.15, 0.2) is 0 Å². The summed E-state index contributed by atoms with van der Waals surface area (Å²) in [5.41, 5.74) is 2.35. The number of hydrogen-bond acceptors (Lipinski definition) is 2. The highest BCUT2D eigenvalue weighted by atomic mass is 19.3. The van der Waals surface area contributed by atoms with E-state index < -0.39 is 13.0 Å².